The second-order valence-corrected chi connectivity index (χ2v) is 7.81. The van der Waals surface area contributed by atoms with Gasteiger partial charge in [-0.15, -0.1) is 0 Å². The Balaban J connectivity index is 2.31. The van der Waals surface area contributed by atoms with Gasteiger partial charge in [-0.3, -0.25) is 4.79 Å². The number of sulfonamides is 1. The smallest absolute Gasteiger partial charge is 0.245 e. The van der Waals surface area contributed by atoms with Gasteiger partial charge in [-0.25, -0.2) is 8.42 Å². The molecule has 0 bridgehead atoms. The summed E-state index contributed by atoms with van der Waals surface area (Å²) in [6.07, 6.45) is 1.10. The van der Waals surface area contributed by atoms with E-state index in [0.29, 0.717) is 12.1 Å². The second-order valence-electron chi connectivity index (χ2n) is 5.77. The molecule has 24 heavy (non-hydrogen) atoms. The van der Waals surface area contributed by atoms with Gasteiger partial charge in [0.1, 0.15) is 6.04 Å². The van der Waals surface area contributed by atoms with E-state index in [4.69, 9.17) is 0 Å². The maximum Gasteiger partial charge on any atom is 0.245 e. The average molecular weight is 346 g/mol. The number of carbonyl (C=O) groups is 1. The molecule has 0 aliphatic rings. The first kappa shape index (κ1) is 18.2. The van der Waals surface area contributed by atoms with E-state index in [9.17, 15) is 13.2 Å². The van der Waals surface area contributed by atoms with Crippen LogP contribution in [0.25, 0.3) is 0 Å². The molecule has 0 aliphatic carbocycles. The van der Waals surface area contributed by atoms with Gasteiger partial charge in [-0.05, 0) is 11.1 Å². The van der Waals surface area contributed by atoms with Gasteiger partial charge in [0, 0.05) is 20.6 Å². The summed E-state index contributed by atoms with van der Waals surface area (Å²) in [6.45, 7) is 0.417. The van der Waals surface area contributed by atoms with Gasteiger partial charge in [0.15, 0.2) is 0 Å². The number of hydrogen-bond acceptors (Lipinski definition) is 3. The number of amides is 1. The number of carbonyl (C=O) groups excluding carboxylic acids is 1. The van der Waals surface area contributed by atoms with Crippen LogP contribution in [0.4, 0.5) is 0 Å². The third kappa shape index (κ3) is 4.43. The van der Waals surface area contributed by atoms with Crippen LogP contribution in [0, 0.1) is 0 Å². The number of hydrogen-bond donors (Lipinski definition) is 0. The predicted octanol–water partition coefficient (Wildman–Crippen LogP) is 2.28. The Kier molecular flexibility index (Phi) is 5.75. The lowest BCUT2D eigenvalue weighted by molar-refractivity contribution is -0.134. The highest BCUT2D eigenvalue weighted by Gasteiger charge is 2.32. The van der Waals surface area contributed by atoms with Crippen molar-refractivity contribution in [1.29, 1.82) is 0 Å². The van der Waals surface area contributed by atoms with Crippen molar-refractivity contribution in [3.8, 4) is 0 Å². The molecule has 1 amide bonds. The molecule has 128 valence electrons. The lowest BCUT2D eigenvalue weighted by atomic mass is 10.1. The average Bonchev–Trinajstić information content (AvgIpc) is 2.56. The van der Waals surface area contributed by atoms with Crippen molar-refractivity contribution >= 4 is 15.9 Å². The fourth-order valence-electron chi connectivity index (χ4n) is 2.48. The van der Waals surface area contributed by atoms with Gasteiger partial charge in [0.25, 0.3) is 0 Å². The number of nitrogens with zero attached hydrogens (tertiary/aromatic N) is 2. The third-order valence-corrected chi connectivity index (χ3v) is 5.13. The van der Waals surface area contributed by atoms with E-state index >= 15 is 0 Å². The highest BCUT2D eigenvalue weighted by molar-refractivity contribution is 7.88. The maximum atomic E-state index is 13.0. The summed E-state index contributed by atoms with van der Waals surface area (Å²) < 4.78 is 25.1. The fourth-order valence-corrected chi connectivity index (χ4v) is 3.07. The maximum absolute atomic E-state index is 13.0. The van der Waals surface area contributed by atoms with Crippen molar-refractivity contribution < 1.29 is 13.2 Å². The Morgan fingerprint density at radius 3 is 1.96 bits per heavy atom. The normalized spacial score (nSPS) is 12.8. The van der Waals surface area contributed by atoms with E-state index in [-0.39, 0.29) is 5.91 Å². The predicted molar refractivity (Wildman–Crippen MR) is 94.7 cm³/mol. The molecule has 0 saturated heterocycles. The second kappa shape index (κ2) is 7.59. The first-order chi connectivity index (χ1) is 11.3. The van der Waals surface area contributed by atoms with Crippen LogP contribution in [0.1, 0.15) is 17.2 Å². The van der Waals surface area contributed by atoms with E-state index in [0.717, 1.165) is 16.1 Å². The highest BCUT2D eigenvalue weighted by atomic mass is 32.2. The van der Waals surface area contributed by atoms with Crippen molar-refractivity contribution in [2.24, 2.45) is 0 Å². The van der Waals surface area contributed by atoms with Crippen LogP contribution >= 0.6 is 0 Å². The Hall–Kier alpha value is -2.18. The molecule has 0 aromatic heterocycles. The highest BCUT2D eigenvalue weighted by Crippen LogP contribution is 2.24. The van der Waals surface area contributed by atoms with Crippen LogP contribution < -0.4 is 0 Å². The first-order valence-electron chi connectivity index (χ1n) is 7.57. The Morgan fingerprint density at radius 2 is 1.46 bits per heavy atom. The molecule has 0 spiro atoms. The van der Waals surface area contributed by atoms with Gasteiger partial charge in [-0.2, -0.15) is 4.31 Å². The molecule has 1 atom stereocenters. The van der Waals surface area contributed by atoms with Crippen molar-refractivity contribution in [3.63, 3.8) is 0 Å². The van der Waals surface area contributed by atoms with Crippen LogP contribution in [0.2, 0.25) is 0 Å². The molecule has 0 N–H and O–H groups in total. The van der Waals surface area contributed by atoms with Crippen LogP contribution in [0.15, 0.2) is 60.7 Å². The van der Waals surface area contributed by atoms with Crippen LogP contribution in [-0.4, -0.2) is 43.9 Å². The number of benzene rings is 2. The van der Waals surface area contributed by atoms with E-state index in [2.05, 4.69) is 0 Å². The standard InChI is InChI=1S/C18H22N2O3S/c1-19(14-15-10-6-4-7-11-15)18(21)17(20(2)24(3,22)23)16-12-8-5-9-13-16/h4-13,17H,14H2,1-3H3/t17-/m0/s1. The van der Waals surface area contributed by atoms with E-state index in [1.165, 1.54) is 7.05 Å². The topological polar surface area (TPSA) is 57.7 Å². The molecular weight excluding hydrogens is 324 g/mol. The van der Waals surface area contributed by atoms with Crippen LogP contribution in [0.3, 0.4) is 0 Å². The summed E-state index contributed by atoms with van der Waals surface area (Å²) >= 11 is 0. The molecule has 2 rings (SSSR count). The minimum atomic E-state index is -3.52. The zero-order valence-electron chi connectivity index (χ0n) is 14.1. The Morgan fingerprint density at radius 1 is 0.958 bits per heavy atom. The third-order valence-electron chi connectivity index (χ3n) is 3.87. The van der Waals surface area contributed by atoms with E-state index < -0.39 is 16.1 Å². The quantitative estimate of drug-likeness (QED) is 0.806. The molecule has 0 fully saturated rings. The Labute approximate surface area is 143 Å². The van der Waals surface area contributed by atoms with Gasteiger partial charge in [0.05, 0.1) is 6.26 Å². The zero-order chi connectivity index (χ0) is 17.7. The summed E-state index contributed by atoms with van der Waals surface area (Å²) in [5.41, 5.74) is 1.64. The zero-order valence-corrected chi connectivity index (χ0v) is 14.9. The van der Waals surface area contributed by atoms with Gasteiger partial charge >= 0.3 is 0 Å². The number of likely N-dealkylation sites (N-methyl/N-ethyl adjacent to an activating group) is 2. The SMILES string of the molecule is CN(Cc1ccccc1)C(=O)[C@H](c1ccccc1)N(C)S(C)(=O)=O. The van der Waals surface area contributed by atoms with Crippen molar-refractivity contribution in [2.75, 3.05) is 20.4 Å². The summed E-state index contributed by atoms with van der Waals surface area (Å²) in [4.78, 5) is 14.5. The van der Waals surface area contributed by atoms with Crippen molar-refractivity contribution in [3.05, 3.63) is 71.8 Å². The van der Waals surface area contributed by atoms with E-state index in [1.54, 1.807) is 36.2 Å². The van der Waals surface area contributed by atoms with Gasteiger partial charge in [-0.1, -0.05) is 60.7 Å². The minimum Gasteiger partial charge on any atom is -0.340 e. The molecule has 6 heteroatoms. The molecule has 2 aromatic rings. The lowest BCUT2D eigenvalue weighted by Gasteiger charge is -2.29. The van der Waals surface area contributed by atoms with Crippen molar-refractivity contribution in [2.45, 2.75) is 12.6 Å². The summed E-state index contributed by atoms with van der Waals surface area (Å²) in [5.74, 6) is -0.266. The first-order valence-corrected chi connectivity index (χ1v) is 9.42. The molecule has 0 unspecified atom stereocenters. The summed E-state index contributed by atoms with van der Waals surface area (Å²) in [6, 6.07) is 17.7. The monoisotopic (exact) mass is 346 g/mol. The Bertz CT molecular complexity index is 776. The van der Waals surface area contributed by atoms with Crippen molar-refractivity contribution in [1.82, 2.24) is 9.21 Å². The minimum absolute atomic E-state index is 0.266. The molecule has 5 nitrogen and oxygen atoms in total. The van der Waals surface area contributed by atoms with Crippen LogP contribution in [-0.2, 0) is 21.4 Å². The largest absolute Gasteiger partial charge is 0.340 e. The molecular formula is C18H22N2O3S. The fraction of sp³-hybridized carbons (Fsp3) is 0.278. The number of rotatable bonds is 6. The summed E-state index contributed by atoms with van der Waals surface area (Å²) in [5, 5.41) is 0. The summed E-state index contributed by atoms with van der Waals surface area (Å²) in [7, 11) is -0.402. The van der Waals surface area contributed by atoms with Crippen LogP contribution in [0.5, 0.6) is 0 Å². The molecule has 2 aromatic carbocycles. The van der Waals surface area contributed by atoms with Gasteiger partial charge < -0.3 is 4.90 Å². The van der Waals surface area contributed by atoms with E-state index in [1.807, 2.05) is 36.4 Å². The van der Waals surface area contributed by atoms with Gasteiger partial charge in [0.2, 0.25) is 15.9 Å². The molecule has 0 radical (unpaired) electrons. The molecule has 0 saturated carbocycles. The molecule has 0 heterocycles. The lowest BCUT2D eigenvalue weighted by Crippen LogP contribution is -2.41. The molecule has 0 aliphatic heterocycles.